The third kappa shape index (κ3) is 3.10. The van der Waals surface area contributed by atoms with E-state index < -0.39 is 17.4 Å². The van der Waals surface area contributed by atoms with Crippen molar-refractivity contribution in [3.63, 3.8) is 0 Å². The van der Waals surface area contributed by atoms with Gasteiger partial charge in [0.05, 0.1) is 31.0 Å². The van der Waals surface area contributed by atoms with Gasteiger partial charge in [-0.15, -0.1) is 0 Å². The summed E-state index contributed by atoms with van der Waals surface area (Å²) in [5, 5.41) is 0. The molecule has 2 bridgehead atoms. The molecule has 7 nitrogen and oxygen atoms in total. The van der Waals surface area contributed by atoms with E-state index in [0.717, 1.165) is 17.0 Å². The van der Waals surface area contributed by atoms with Crippen LogP contribution in [0, 0.1) is 25.7 Å². The molecular formula is C24H28N4O3. The molecule has 7 heteroatoms. The van der Waals surface area contributed by atoms with Crippen LogP contribution in [0.4, 0.5) is 0 Å². The molecule has 0 radical (unpaired) electrons. The summed E-state index contributed by atoms with van der Waals surface area (Å²) < 4.78 is 8.18. The summed E-state index contributed by atoms with van der Waals surface area (Å²) >= 11 is 0. The average Bonchev–Trinajstić information content (AvgIpc) is 3.47. The molecule has 0 saturated carbocycles. The second-order valence-electron chi connectivity index (χ2n) is 9.17. The lowest BCUT2D eigenvalue weighted by molar-refractivity contribution is -0.143. The van der Waals surface area contributed by atoms with E-state index in [1.54, 1.807) is 18.1 Å². The first-order valence-corrected chi connectivity index (χ1v) is 10.7. The number of carbonyl (C=O) groups excluding carboxylic acids is 2. The highest BCUT2D eigenvalue weighted by molar-refractivity contribution is 5.93. The van der Waals surface area contributed by atoms with E-state index in [2.05, 4.69) is 37.0 Å². The minimum absolute atomic E-state index is 0.0106. The highest BCUT2D eigenvalue weighted by Crippen LogP contribution is 2.52. The minimum Gasteiger partial charge on any atom is -0.360 e. The first-order valence-electron chi connectivity index (χ1n) is 10.7. The summed E-state index contributed by atoms with van der Waals surface area (Å²) in [6.45, 7) is 5.55. The van der Waals surface area contributed by atoms with Gasteiger partial charge in [-0.1, -0.05) is 35.9 Å². The largest absolute Gasteiger partial charge is 0.360 e. The summed E-state index contributed by atoms with van der Waals surface area (Å²) in [5.41, 5.74) is 2.78. The van der Waals surface area contributed by atoms with Gasteiger partial charge in [0.15, 0.2) is 0 Å². The zero-order chi connectivity index (χ0) is 21.9. The number of aromatic nitrogens is 2. The molecule has 0 unspecified atom stereocenters. The number of benzene rings is 1. The van der Waals surface area contributed by atoms with E-state index in [4.69, 9.17) is 4.74 Å². The Bertz CT molecular complexity index is 1090. The maximum atomic E-state index is 13.5. The number of hydrogen-bond donors (Lipinski definition) is 0. The number of likely N-dealkylation sites (tertiary alicyclic amines) is 1. The van der Waals surface area contributed by atoms with Gasteiger partial charge in [-0.2, -0.15) is 0 Å². The van der Waals surface area contributed by atoms with Crippen molar-refractivity contribution in [1.29, 1.82) is 0 Å². The number of fused-ring (bicyclic) bond motifs is 1. The van der Waals surface area contributed by atoms with Crippen molar-refractivity contribution in [1.82, 2.24) is 19.4 Å². The van der Waals surface area contributed by atoms with Gasteiger partial charge in [0.2, 0.25) is 11.8 Å². The van der Waals surface area contributed by atoms with Gasteiger partial charge in [0.1, 0.15) is 11.4 Å². The quantitative estimate of drug-likeness (QED) is 0.694. The predicted octanol–water partition coefficient (Wildman–Crippen LogP) is 1.98. The average molecular weight is 421 g/mol. The van der Waals surface area contributed by atoms with Crippen LogP contribution in [0.2, 0.25) is 0 Å². The van der Waals surface area contributed by atoms with Crippen LogP contribution in [-0.4, -0.2) is 56.5 Å². The first-order chi connectivity index (χ1) is 14.8. The minimum atomic E-state index is -0.691. The molecule has 2 fully saturated rings. The van der Waals surface area contributed by atoms with Gasteiger partial charge >= 0.3 is 0 Å². The van der Waals surface area contributed by atoms with Crippen molar-refractivity contribution in [3.8, 4) is 0 Å². The SMILES string of the molecule is Cc1ccc(C)c(CN2C[C@]34C=C[C@H](O3)[C@@H](C(=O)N(C)Cc3nccn3C)[C@@H]4C2=O)c1. The van der Waals surface area contributed by atoms with Gasteiger partial charge in [0.25, 0.3) is 0 Å². The third-order valence-electron chi connectivity index (χ3n) is 7.01. The lowest BCUT2D eigenvalue weighted by Crippen LogP contribution is -2.44. The van der Waals surface area contributed by atoms with Crippen LogP contribution < -0.4 is 0 Å². The monoisotopic (exact) mass is 420 g/mol. The van der Waals surface area contributed by atoms with Crippen LogP contribution in [0.25, 0.3) is 0 Å². The number of amides is 2. The predicted molar refractivity (Wildman–Crippen MR) is 115 cm³/mol. The van der Waals surface area contributed by atoms with E-state index in [1.807, 2.05) is 34.9 Å². The Labute approximate surface area is 182 Å². The third-order valence-corrected chi connectivity index (χ3v) is 7.01. The van der Waals surface area contributed by atoms with Crippen LogP contribution in [0.3, 0.4) is 0 Å². The lowest BCUT2D eigenvalue weighted by Gasteiger charge is -2.27. The molecule has 1 spiro atoms. The fourth-order valence-corrected chi connectivity index (χ4v) is 5.26. The number of ether oxygens (including phenoxy) is 1. The molecule has 2 aromatic rings. The topological polar surface area (TPSA) is 67.7 Å². The Kier molecular flexibility index (Phi) is 4.55. The van der Waals surface area contributed by atoms with Crippen molar-refractivity contribution in [2.24, 2.45) is 18.9 Å². The molecule has 3 aliphatic heterocycles. The maximum absolute atomic E-state index is 13.5. The zero-order valence-electron chi connectivity index (χ0n) is 18.4. The van der Waals surface area contributed by atoms with Gasteiger partial charge < -0.3 is 19.1 Å². The number of nitrogens with zero attached hydrogens (tertiary/aromatic N) is 4. The lowest BCUT2D eigenvalue weighted by atomic mass is 9.76. The number of rotatable bonds is 5. The van der Waals surface area contributed by atoms with E-state index >= 15 is 0 Å². The fraction of sp³-hybridized carbons (Fsp3) is 0.458. The van der Waals surface area contributed by atoms with Gasteiger partial charge in [-0.05, 0) is 25.0 Å². The Morgan fingerprint density at radius 2 is 2.16 bits per heavy atom. The number of imidazole rings is 1. The van der Waals surface area contributed by atoms with Gasteiger partial charge in [0, 0.05) is 33.0 Å². The van der Waals surface area contributed by atoms with E-state index in [0.29, 0.717) is 19.6 Å². The number of hydrogen-bond acceptors (Lipinski definition) is 4. The van der Waals surface area contributed by atoms with Crippen molar-refractivity contribution in [2.45, 2.75) is 38.6 Å². The molecule has 0 aliphatic carbocycles. The smallest absolute Gasteiger partial charge is 0.230 e. The molecule has 4 atom stereocenters. The molecule has 162 valence electrons. The molecule has 2 saturated heterocycles. The normalized spacial score (nSPS) is 28.5. The van der Waals surface area contributed by atoms with Crippen LogP contribution in [0.5, 0.6) is 0 Å². The van der Waals surface area contributed by atoms with Crippen LogP contribution in [0.15, 0.2) is 42.7 Å². The van der Waals surface area contributed by atoms with Gasteiger partial charge in [-0.3, -0.25) is 9.59 Å². The summed E-state index contributed by atoms with van der Waals surface area (Å²) in [7, 11) is 3.68. The van der Waals surface area contributed by atoms with E-state index in [9.17, 15) is 9.59 Å². The second kappa shape index (κ2) is 7.05. The summed E-state index contributed by atoms with van der Waals surface area (Å²) in [6, 6.07) is 6.30. The Morgan fingerprint density at radius 1 is 1.35 bits per heavy atom. The molecule has 2 amide bonds. The van der Waals surface area contributed by atoms with Crippen LogP contribution >= 0.6 is 0 Å². The number of aryl methyl sites for hydroxylation is 3. The first kappa shape index (κ1) is 20.0. The molecule has 0 N–H and O–H groups in total. The standard InChI is InChI=1S/C24H28N4O3/c1-15-5-6-16(2)17(11-15)12-28-14-24-8-7-18(31-24)20(21(24)23(28)30)22(29)27(4)13-19-25-9-10-26(19)3/h5-11,18,20-21H,12-14H2,1-4H3/t18-,20+,21+,24-/m0/s1. The Morgan fingerprint density at radius 3 is 2.90 bits per heavy atom. The highest BCUT2D eigenvalue weighted by Gasteiger charge is 2.67. The van der Waals surface area contributed by atoms with E-state index in [-0.39, 0.29) is 17.9 Å². The summed E-state index contributed by atoms with van der Waals surface area (Å²) in [6.07, 6.45) is 7.21. The van der Waals surface area contributed by atoms with E-state index in [1.165, 1.54) is 5.56 Å². The fourth-order valence-electron chi connectivity index (χ4n) is 5.26. The highest BCUT2D eigenvalue weighted by atomic mass is 16.5. The van der Waals surface area contributed by atoms with Crippen molar-refractivity contribution < 1.29 is 14.3 Å². The Balaban J connectivity index is 1.38. The van der Waals surface area contributed by atoms with Crippen molar-refractivity contribution in [2.75, 3.05) is 13.6 Å². The zero-order valence-corrected chi connectivity index (χ0v) is 18.4. The number of carbonyl (C=O) groups is 2. The summed E-state index contributed by atoms with van der Waals surface area (Å²) in [5.74, 6) is -0.211. The molecule has 3 aliphatic rings. The second-order valence-corrected chi connectivity index (χ2v) is 9.17. The van der Waals surface area contributed by atoms with Crippen LogP contribution in [0.1, 0.15) is 22.5 Å². The van der Waals surface area contributed by atoms with Crippen LogP contribution in [-0.2, 0) is 34.5 Å². The summed E-state index contributed by atoms with van der Waals surface area (Å²) in [4.78, 5) is 34.8. The van der Waals surface area contributed by atoms with Gasteiger partial charge in [-0.25, -0.2) is 4.98 Å². The molecule has 5 rings (SSSR count). The maximum Gasteiger partial charge on any atom is 0.230 e. The molecule has 1 aromatic carbocycles. The molecular weight excluding hydrogens is 392 g/mol. The molecule has 4 heterocycles. The van der Waals surface area contributed by atoms with Crippen molar-refractivity contribution >= 4 is 11.8 Å². The molecule has 31 heavy (non-hydrogen) atoms. The van der Waals surface area contributed by atoms with Crippen molar-refractivity contribution in [3.05, 3.63) is 65.3 Å². The molecule has 1 aromatic heterocycles. The Hall–Kier alpha value is -2.93.